The zero-order chi connectivity index (χ0) is 23.3. The van der Waals surface area contributed by atoms with Crippen LogP contribution in [0.3, 0.4) is 0 Å². The first-order valence-electron chi connectivity index (χ1n) is 10.3. The highest BCUT2D eigenvalue weighted by Gasteiger charge is 2.11. The molecule has 8 heteroatoms. The van der Waals surface area contributed by atoms with E-state index >= 15 is 0 Å². The molecule has 0 aliphatic carbocycles. The average molecular weight is 434 g/mol. The standard InChI is InChI=1S/C24H26N4O4/c1-15-6-4-7-16(2)19(15)11-9-18-10-12-20(21(29)14-18)25-26-23-17(3)27-28(24(23)32)13-5-8-22(30)31/h4,6-7,9-12,14,27,29H,5,8,13H2,1-3H3,(H,30,31)/b11-9+,26-25?. The topological polar surface area (TPSA) is 120 Å². The van der Waals surface area contributed by atoms with Crippen molar-refractivity contribution in [3.63, 3.8) is 0 Å². The summed E-state index contributed by atoms with van der Waals surface area (Å²) >= 11 is 0. The predicted molar refractivity (Wildman–Crippen MR) is 124 cm³/mol. The van der Waals surface area contributed by atoms with Gasteiger partial charge < -0.3 is 10.2 Å². The number of aromatic nitrogens is 2. The number of nitrogens with one attached hydrogen (secondary N) is 1. The molecule has 3 N–H and O–H groups in total. The first kappa shape index (κ1) is 22.7. The van der Waals surface area contributed by atoms with E-state index < -0.39 is 5.97 Å². The molecule has 1 aromatic heterocycles. The van der Waals surface area contributed by atoms with E-state index in [0.29, 0.717) is 12.1 Å². The van der Waals surface area contributed by atoms with E-state index in [9.17, 15) is 14.7 Å². The number of hydrogen-bond donors (Lipinski definition) is 3. The first-order valence-corrected chi connectivity index (χ1v) is 10.3. The van der Waals surface area contributed by atoms with Crippen LogP contribution in [-0.4, -0.2) is 26.0 Å². The number of aliphatic carboxylic acids is 1. The monoisotopic (exact) mass is 434 g/mol. The smallest absolute Gasteiger partial charge is 0.303 e. The molecule has 166 valence electrons. The number of aromatic hydroxyl groups is 1. The number of aryl methyl sites for hydroxylation is 4. The number of aromatic amines is 1. The molecule has 8 nitrogen and oxygen atoms in total. The first-order chi connectivity index (χ1) is 15.3. The van der Waals surface area contributed by atoms with Gasteiger partial charge in [0.25, 0.3) is 5.56 Å². The van der Waals surface area contributed by atoms with Crippen LogP contribution in [0.25, 0.3) is 12.2 Å². The number of azo groups is 1. The number of rotatable bonds is 8. The maximum absolute atomic E-state index is 12.5. The van der Waals surface area contributed by atoms with Crippen LogP contribution in [0, 0.1) is 20.8 Å². The molecule has 0 saturated carbocycles. The number of carboxylic acids is 1. The van der Waals surface area contributed by atoms with Gasteiger partial charge in [0.15, 0.2) is 5.69 Å². The summed E-state index contributed by atoms with van der Waals surface area (Å²) in [5.41, 5.74) is 4.79. The van der Waals surface area contributed by atoms with Crippen molar-refractivity contribution in [1.82, 2.24) is 9.78 Å². The molecule has 3 aromatic rings. The van der Waals surface area contributed by atoms with E-state index in [-0.39, 0.29) is 35.6 Å². The van der Waals surface area contributed by atoms with Crippen molar-refractivity contribution in [2.45, 2.75) is 40.2 Å². The summed E-state index contributed by atoms with van der Waals surface area (Å²) in [5.74, 6) is -0.962. The van der Waals surface area contributed by atoms with Crippen LogP contribution in [0.1, 0.15) is 40.8 Å². The Bertz CT molecular complexity index is 1230. The number of H-pyrrole nitrogens is 1. The van der Waals surface area contributed by atoms with Gasteiger partial charge in [0.1, 0.15) is 11.4 Å². The van der Waals surface area contributed by atoms with Crippen LogP contribution < -0.4 is 5.56 Å². The molecule has 0 bridgehead atoms. The minimum atomic E-state index is -0.913. The van der Waals surface area contributed by atoms with Crippen molar-refractivity contribution < 1.29 is 15.0 Å². The Morgan fingerprint density at radius 2 is 1.81 bits per heavy atom. The van der Waals surface area contributed by atoms with Crippen LogP contribution in [0.2, 0.25) is 0 Å². The molecule has 0 radical (unpaired) electrons. The minimum absolute atomic E-state index is 0.0283. The van der Waals surface area contributed by atoms with Gasteiger partial charge in [-0.2, -0.15) is 0 Å². The van der Waals surface area contributed by atoms with E-state index in [1.54, 1.807) is 19.1 Å². The van der Waals surface area contributed by atoms with Crippen molar-refractivity contribution in [3.05, 3.63) is 74.7 Å². The lowest BCUT2D eigenvalue weighted by atomic mass is 10.0. The molecule has 0 fully saturated rings. The lowest BCUT2D eigenvalue weighted by molar-refractivity contribution is -0.137. The normalized spacial score (nSPS) is 11.6. The Hall–Kier alpha value is -3.94. The van der Waals surface area contributed by atoms with Gasteiger partial charge in [0.05, 0.1) is 5.69 Å². The zero-order valence-electron chi connectivity index (χ0n) is 18.3. The second kappa shape index (κ2) is 9.91. The molecule has 0 atom stereocenters. The van der Waals surface area contributed by atoms with E-state index in [1.807, 2.05) is 24.3 Å². The predicted octanol–water partition coefficient (Wildman–Crippen LogP) is 5.26. The molecule has 0 aliphatic rings. The molecule has 3 rings (SSSR count). The minimum Gasteiger partial charge on any atom is -0.506 e. The molecule has 0 spiro atoms. The van der Waals surface area contributed by atoms with Gasteiger partial charge in [-0.1, -0.05) is 36.4 Å². The van der Waals surface area contributed by atoms with Crippen molar-refractivity contribution in [3.8, 4) is 5.75 Å². The number of benzene rings is 2. The Labute approximate surface area is 185 Å². The van der Waals surface area contributed by atoms with Gasteiger partial charge in [0, 0.05) is 13.0 Å². The lowest BCUT2D eigenvalue weighted by Crippen LogP contribution is -2.17. The van der Waals surface area contributed by atoms with Crippen molar-refractivity contribution in [2.24, 2.45) is 10.2 Å². The summed E-state index contributed by atoms with van der Waals surface area (Å²) in [6, 6.07) is 11.2. The average Bonchev–Trinajstić information content (AvgIpc) is 2.99. The molecular formula is C24H26N4O4. The summed E-state index contributed by atoms with van der Waals surface area (Å²) < 4.78 is 1.31. The molecule has 0 saturated heterocycles. The van der Waals surface area contributed by atoms with Crippen molar-refractivity contribution in [2.75, 3.05) is 0 Å². The third-order valence-electron chi connectivity index (χ3n) is 5.12. The number of hydrogen-bond acceptors (Lipinski definition) is 5. The maximum Gasteiger partial charge on any atom is 0.303 e. The largest absolute Gasteiger partial charge is 0.506 e. The van der Waals surface area contributed by atoms with Gasteiger partial charge in [-0.3, -0.25) is 19.4 Å². The fourth-order valence-electron chi connectivity index (χ4n) is 3.36. The third kappa shape index (κ3) is 5.40. The highest BCUT2D eigenvalue weighted by atomic mass is 16.4. The van der Waals surface area contributed by atoms with Gasteiger partial charge >= 0.3 is 5.97 Å². The lowest BCUT2D eigenvalue weighted by Gasteiger charge is -2.04. The maximum atomic E-state index is 12.5. The van der Waals surface area contributed by atoms with Crippen LogP contribution >= 0.6 is 0 Å². The quantitative estimate of drug-likeness (QED) is 0.331. The van der Waals surface area contributed by atoms with Crippen LogP contribution in [0.5, 0.6) is 5.75 Å². The highest BCUT2D eigenvalue weighted by molar-refractivity contribution is 5.74. The number of carboxylic acid groups (broad SMARTS) is 1. The van der Waals surface area contributed by atoms with Crippen molar-refractivity contribution >= 4 is 29.5 Å². The van der Waals surface area contributed by atoms with Crippen LogP contribution in [-0.2, 0) is 11.3 Å². The molecule has 0 aliphatic heterocycles. The molecule has 0 amide bonds. The fourth-order valence-corrected chi connectivity index (χ4v) is 3.36. The van der Waals surface area contributed by atoms with E-state index in [0.717, 1.165) is 11.1 Å². The van der Waals surface area contributed by atoms with Crippen LogP contribution in [0.15, 0.2) is 51.4 Å². The Morgan fingerprint density at radius 1 is 1.09 bits per heavy atom. The van der Waals surface area contributed by atoms with E-state index in [4.69, 9.17) is 5.11 Å². The summed E-state index contributed by atoms with van der Waals surface area (Å²) in [6.07, 6.45) is 4.22. The summed E-state index contributed by atoms with van der Waals surface area (Å²) in [5, 5.41) is 30.0. The Balaban J connectivity index is 1.76. The second-order valence-electron chi connectivity index (χ2n) is 7.63. The fraction of sp³-hybridized carbons (Fsp3) is 0.250. The summed E-state index contributed by atoms with van der Waals surface area (Å²) in [4.78, 5) is 23.1. The third-order valence-corrected chi connectivity index (χ3v) is 5.12. The molecule has 2 aromatic carbocycles. The molecular weight excluding hydrogens is 408 g/mol. The van der Waals surface area contributed by atoms with Gasteiger partial charge in [-0.25, -0.2) is 0 Å². The number of phenolic OH excluding ortho intramolecular Hbond substituents is 1. The summed E-state index contributed by atoms with van der Waals surface area (Å²) in [7, 11) is 0. The van der Waals surface area contributed by atoms with E-state index in [1.165, 1.54) is 15.8 Å². The van der Waals surface area contributed by atoms with E-state index in [2.05, 4.69) is 41.3 Å². The molecule has 1 heterocycles. The van der Waals surface area contributed by atoms with Crippen LogP contribution in [0.4, 0.5) is 11.4 Å². The molecule has 32 heavy (non-hydrogen) atoms. The van der Waals surface area contributed by atoms with Gasteiger partial charge in [0.2, 0.25) is 0 Å². The van der Waals surface area contributed by atoms with Gasteiger partial charge in [-0.05, 0) is 61.6 Å². The van der Waals surface area contributed by atoms with Crippen molar-refractivity contribution in [1.29, 1.82) is 0 Å². The highest BCUT2D eigenvalue weighted by Crippen LogP contribution is 2.30. The molecule has 0 unspecified atom stereocenters. The number of nitrogens with zero attached hydrogens (tertiary/aromatic N) is 3. The summed E-state index contributed by atoms with van der Waals surface area (Å²) in [6.45, 7) is 6.03. The van der Waals surface area contributed by atoms with Gasteiger partial charge in [-0.15, -0.1) is 10.2 Å². The second-order valence-corrected chi connectivity index (χ2v) is 7.63. The Kier molecular flexibility index (Phi) is 7.04. The number of carbonyl (C=O) groups is 1. The zero-order valence-corrected chi connectivity index (χ0v) is 18.3. The number of phenols is 1. The SMILES string of the molecule is Cc1cccc(C)c1/C=C/c1ccc(N=Nc2c(C)[nH]n(CCCC(=O)O)c2=O)c(O)c1. The Morgan fingerprint density at radius 3 is 2.47 bits per heavy atom.